The van der Waals surface area contributed by atoms with Gasteiger partial charge in [-0.25, -0.2) is 0 Å². The van der Waals surface area contributed by atoms with Gasteiger partial charge in [-0.05, 0) is 18.2 Å². The lowest BCUT2D eigenvalue weighted by Crippen LogP contribution is -2.22. The Labute approximate surface area is 141 Å². The van der Waals surface area contributed by atoms with E-state index in [0.29, 0.717) is 21.6 Å². The summed E-state index contributed by atoms with van der Waals surface area (Å²) in [6.07, 6.45) is -4.65. The second-order valence-electron chi connectivity index (χ2n) is 4.96. The Morgan fingerprint density at radius 1 is 1.28 bits per heavy atom. The van der Waals surface area contributed by atoms with E-state index in [2.05, 4.69) is 20.6 Å². The molecule has 1 aliphatic heterocycles. The Balaban J connectivity index is 1.48. The monoisotopic (exact) mass is 371 g/mol. The predicted molar refractivity (Wildman–Crippen MR) is 77.4 cm³/mol. The molecule has 0 atom stereocenters. The van der Waals surface area contributed by atoms with Crippen LogP contribution in [0.5, 0.6) is 11.5 Å². The standard InChI is InChI=1S/C13H8F3N5O3S/c14-13(15,16)11-18-19-12-21(11)20-9(25-12)4-17-10(22)6-1-2-7-8(3-6)24-5-23-7/h1-3H,4-5H2,(H,17,22). The van der Waals surface area contributed by atoms with Gasteiger partial charge in [0.1, 0.15) is 5.01 Å². The van der Waals surface area contributed by atoms with Crippen molar-refractivity contribution in [1.29, 1.82) is 0 Å². The van der Waals surface area contributed by atoms with Gasteiger partial charge in [0.15, 0.2) is 11.5 Å². The van der Waals surface area contributed by atoms with Crippen LogP contribution in [0, 0.1) is 0 Å². The molecule has 1 aromatic carbocycles. The van der Waals surface area contributed by atoms with Crippen molar-refractivity contribution < 1.29 is 27.4 Å². The number of benzene rings is 1. The van der Waals surface area contributed by atoms with Gasteiger partial charge in [-0.15, -0.1) is 10.2 Å². The van der Waals surface area contributed by atoms with Crippen LogP contribution >= 0.6 is 11.3 Å². The van der Waals surface area contributed by atoms with Crippen LogP contribution in [0.1, 0.15) is 21.2 Å². The van der Waals surface area contributed by atoms with Crippen molar-refractivity contribution in [2.75, 3.05) is 6.79 Å². The van der Waals surface area contributed by atoms with Gasteiger partial charge in [0.25, 0.3) is 11.7 Å². The zero-order valence-corrected chi connectivity index (χ0v) is 13.0. The van der Waals surface area contributed by atoms with Gasteiger partial charge < -0.3 is 14.8 Å². The van der Waals surface area contributed by atoms with E-state index in [-0.39, 0.29) is 23.3 Å². The summed E-state index contributed by atoms with van der Waals surface area (Å²) in [6, 6.07) is 4.69. The largest absolute Gasteiger partial charge is 0.454 e. The maximum atomic E-state index is 12.8. The van der Waals surface area contributed by atoms with Crippen LogP contribution in [-0.4, -0.2) is 32.5 Å². The number of fused-ring (bicyclic) bond motifs is 2. The summed E-state index contributed by atoms with van der Waals surface area (Å²) in [5.74, 6) is -0.612. The zero-order chi connectivity index (χ0) is 17.6. The fourth-order valence-corrected chi connectivity index (χ4v) is 2.97. The Morgan fingerprint density at radius 2 is 2.08 bits per heavy atom. The van der Waals surface area contributed by atoms with Gasteiger partial charge in [-0.1, -0.05) is 11.3 Å². The molecule has 0 saturated heterocycles. The number of hydrogen-bond donors (Lipinski definition) is 1. The van der Waals surface area contributed by atoms with Crippen LogP contribution in [0.2, 0.25) is 0 Å². The molecule has 3 aromatic rings. The number of halogens is 3. The molecule has 0 unspecified atom stereocenters. The second kappa shape index (κ2) is 5.58. The number of rotatable bonds is 3. The summed E-state index contributed by atoms with van der Waals surface area (Å²) in [4.78, 5) is 12.2. The zero-order valence-electron chi connectivity index (χ0n) is 12.2. The molecule has 3 heterocycles. The molecule has 1 aliphatic rings. The van der Waals surface area contributed by atoms with Crippen LogP contribution in [0.25, 0.3) is 4.96 Å². The summed E-state index contributed by atoms with van der Waals surface area (Å²) in [5.41, 5.74) is 0.336. The maximum Gasteiger partial charge on any atom is 0.453 e. The maximum absolute atomic E-state index is 12.8. The Morgan fingerprint density at radius 3 is 2.88 bits per heavy atom. The molecule has 0 fully saturated rings. The van der Waals surface area contributed by atoms with E-state index in [4.69, 9.17) is 9.47 Å². The molecular formula is C13H8F3N5O3S. The SMILES string of the molecule is O=C(NCc1nn2c(C(F)(F)F)nnc2s1)c1ccc2c(c1)OCO2. The van der Waals surface area contributed by atoms with Crippen LogP contribution in [-0.2, 0) is 12.7 Å². The minimum Gasteiger partial charge on any atom is -0.454 e. The quantitative estimate of drug-likeness (QED) is 0.756. The lowest BCUT2D eigenvalue weighted by atomic mass is 10.2. The van der Waals surface area contributed by atoms with Gasteiger partial charge in [0, 0.05) is 5.56 Å². The first-order valence-electron chi connectivity index (χ1n) is 6.88. The lowest BCUT2D eigenvalue weighted by molar-refractivity contribution is -0.146. The van der Waals surface area contributed by atoms with Crippen LogP contribution in [0.15, 0.2) is 18.2 Å². The number of alkyl halides is 3. The van der Waals surface area contributed by atoms with Gasteiger partial charge in [0.2, 0.25) is 11.8 Å². The first-order chi connectivity index (χ1) is 11.9. The number of hydrogen-bond acceptors (Lipinski definition) is 7. The topological polar surface area (TPSA) is 90.6 Å². The third kappa shape index (κ3) is 2.84. The number of carbonyl (C=O) groups excluding carboxylic acids is 1. The molecule has 25 heavy (non-hydrogen) atoms. The molecule has 1 amide bonds. The van der Waals surface area contributed by atoms with Gasteiger partial charge in [0.05, 0.1) is 6.54 Å². The highest BCUT2D eigenvalue weighted by Gasteiger charge is 2.38. The smallest absolute Gasteiger partial charge is 0.453 e. The van der Waals surface area contributed by atoms with E-state index < -0.39 is 17.9 Å². The van der Waals surface area contributed by atoms with E-state index >= 15 is 0 Å². The highest BCUT2D eigenvalue weighted by Crippen LogP contribution is 2.32. The molecule has 0 aliphatic carbocycles. The molecule has 0 bridgehead atoms. The van der Waals surface area contributed by atoms with E-state index in [0.717, 1.165) is 11.3 Å². The lowest BCUT2D eigenvalue weighted by Gasteiger charge is -2.04. The summed E-state index contributed by atoms with van der Waals surface area (Å²) in [5, 5.41) is 13.1. The highest BCUT2D eigenvalue weighted by atomic mass is 32.1. The van der Waals surface area contributed by atoms with Crippen molar-refractivity contribution >= 4 is 22.2 Å². The van der Waals surface area contributed by atoms with Crippen LogP contribution < -0.4 is 14.8 Å². The van der Waals surface area contributed by atoms with E-state index in [9.17, 15) is 18.0 Å². The number of aromatic nitrogens is 4. The summed E-state index contributed by atoms with van der Waals surface area (Å²) < 4.78 is 49.2. The van der Waals surface area contributed by atoms with Gasteiger partial charge >= 0.3 is 6.18 Å². The number of nitrogens with one attached hydrogen (secondary N) is 1. The molecule has 0 saturated carbocycles. The van der Waals surface area contributed by atoms with Gasteiger partial charge in [-0.2, -0.15) is 22.8 Å². The Bertz CT molecular complexity index is 968. The normalized spacial score (nSPS) is 13.4. The van der Waals surface area contributed by atoms with Crippen molar-refractivity contribution in [2.24, 2.45) is 0 Å². The fraction of sp³-hybridized carbons (Fsp3) is 0.231. The van der Waals surface area contributed by atoms with Crippen molar-refractivity contribution in [3.05, 3.63) is 34.6 Å². The molecule has 0 spiro atoms. The summed E-state index contributed by atoms with van der Waals surface area (Å²) >= 11 is 0.910. The van der Waals surface area contributed by atoms with Gasteiger partial charge in [-0.3, -0.25) is 4.79 Å². The first-order valence-corrected chi connectivity index (χ1v) is 7.69. The minimum atomic E-state index is -4.65. The van der Waals surface area contributed by atoms with E-state index in [1.54, 1.807) is 12.1 Å². The van der Waals surface area contributed by atoms with Crippen molar-refractivity contribution in [1.82, 2.24) is 25.1 Å². The molecule has 130 valence electrons. The summed E-state index contributed by atoms with van der Waals surface area (Å²) in [6.45, 7) is 0.0491. The Kier molecular flexibility index (Phi) is 3.49. The highest BCUT2D eigenvalue weighted by molar-refractivity contribution is 7.16. The number of carbonyl (C=O) groups is 1. The number of ether oxygens (including phenoxy) is 2. The average molecular weight is 371 g/mol. The molecule has 8 nitrogen and oxygen atoms in total. The fourth-order valence-electron chi connectivity index (χ4n) is 2.20. The van der Waals surface area contributed by atoms with Crippen LogP contribution in [0.3, 0.4) is 0 Å². The van der Waals surface area contributed by atoms with Crippen molar-refractivity contribution in [2.45, 2.75) is 12.7 Å². The van der Waals surface area contributed by atoms with E-state index in [1.165, 1.54) is 6.07 Å². The van der Waals surface area contributed by atoms with Crippen LogP contribution in [0.4, 0.5) is 13.2 Å². The Hall–Kier alpha value is -2.89. The molecular weight excluding hydrogens is 363 g/mol. The number of amides is 1. The molecule has 4 rings (SSSR count). The predicted octanol–water partition coefficient (Wildman–Crippen LogP) is 1.86. The number of nitrogens with zero attached hydrogens (tertiary/aromatic N) is 4. The molecule has 2 aromatic heterocycles. The summed E-state index contributed by atoms with van der Waals surface area (Å²) in [7, 11) is 0. The second-order valence-corrected chi connectivity index (χ2v) is 6.00. The third-order valence-electron chi connectivity index (χ3n) is 3.32. The average Bonchev–Trinajstić information content (AvgIpc) is 3.25. The van der Waals surface area contributed by atoms with Crippen molar-refractivity contribution in [3.8, 4) is 11.5 Å². The first kappa shape index (κ1) is 15.6. The molecule has 1 N–H and O–H groups in total. The van der Waals surface area contributed by atoms with Crippen molar-refractivity contribution in [3.63, 3.8) is 0 Å². The van der Waals surface area contributed by atoms with E-state index in [1.807, 2.05) is 0 Å². The molecule has 12 heteroatoms. The minimum absolute atomic E-state index is 0.000321. The third-order valence-corrected chi connectivity index (χ3v) is 4.22. The molecule has 0 radical (unpaired) electrons.